The maximum atomic E-state index is 14.6. The molecule has 5 aliphatic rings. The van der Waals surface area contributed by atoms with E-state index in [0.717, 1.165) is 26.6 Å². The van der Waals surface area contributed by atoms with Gasteiger partial charge < -0.3 is 35.5 Å². The number of fused-ring (bicyclic) bond motifs is 4. The van der Waals surface area contributed by atoms with E-state index in [4.69, 9.17) is 16.6 Å². The van der Waals surface area contributed by atoms with Crippen LogP contribution in [0.2, 0.25) is 5.02 Å². The Balaban J connectivity index is 0.957. The molecule has 7 amide bonds. The van der Waals surface area contributed by atoms with Gasteiger partial charge in [-0.25, -0.2) is 0 Å². The minimum Gasteiger partial charge on any atom is -0.512 e. The normalized spacial score (nSPS) is 25.1. The number of carboxylic acid groups (broad SMARTS) is 2. The highest BCUT2D eigenvalue weighted by Gasteiger charge is 2.51. The van der Waals surface area contributed by atoms with Crippen molar-refractivity contribution in [2.24, 2.45) is 28.7 Å². The van der Waals surface area contributed by atoms with E-state index in [2.05, 4.69) is 20.8 Å². The van der Waals surface area contributed by atoms with E-state index in [1.165, 1.54) is 28.0 Å². The lowest BCUT2D eigenvalue weighted by Gasteiger charge is -2.40. The number of imide groups is 2. The molecule has 2 aromatic heterocycles. The van der Waals surface area contributed by atoms with Crippen LogP contribution in [0.4, 0.5) is 5.69 Å². The van der Waals surface area contributed by atoms with E-state index >= 15 is 0 Å². The molecule has 2 fully saturated rings. The Labute approximate surface area is 418 Å². The van der Waals surface area contributed by atoms with Gasteiger partial charge in [0.25, 0.3) is 11.8 Å². The van der Waals surface area contributed by atoms with Crippen LogP contribution in [-0.4, -0.2) is 153 Å². The van der Waals surface area contributed by atoms with Gasteiger partial charge in [-0.05, 0) is 69.5 Å². The number of nitrogens with one attached hydrogen (secondary N) is 2. The van der Waals surface area contributed by atoms with Gasteiger partial charge in [0.15, 0.2) is 0 Å². The highest BCUT2D eigenvalue weighted by molar-refractivity contribution is 7.15. The maximum Gasteiger partial charge on any atom is 0.314 e. The number of aliphatic carboxylic acids is 2. The molecule has 9 rings (SSSR count). The van der Waals surface area contributed by atoms with Crippen LogP contribution in [0.15, 0.2) is 59.3 Å². The van der Waals surface area contributed by atoms with Gasteiger partial charge in [0.1, 0.15) is 40.4 Å². The Morgan fingerprint density at radius 3 is 2.18 bits per heavy atom. The molecule has 6 heterocycles. The molecular formula is C48H46ClN9O13S. The first-order chi connectivity index (χ1) is 34.2. The Morgan fingerprint density at radius 2 is 1.53 bits per heavy atom. The second kappa shape index (κ2) is 19.2. The largest absolute Gasteiger partial charge is 0.512 e. The van der Waals surface area contributed by atoms with Crippen molar-refractivity contribution in [3.63, 3.8) is 0 Å². The Hall–Kier alpha value is -7.63. The van der Waals surface area contributed by atoms with Crippen LogP contribution in [0.3, 0.4) is 0 Å². The van der Waals surface area contributed by atoms with Crippen molar-refractivity contribution in [3.8, 4) is 5.00 Å². The van der Waals surface area contributed by atoms with Gasteiger partial charge in [0.2, 0.25) is 29.5 Å². The average molecular weight is 1020 g/mol. The summed E-state index contributed by atoms with van der Waals surface area (Å²) >= 11 is 7.83. The number of thiophene rings is 1. The molecule has 2 saturated heterocycles. The molecule has 0 spiro atoms. The predicted molar refractivity (Wildman–Crippen MR) is 254 cm³/mol. The number of hydrogen-bond donors (Lipinski definition) is 6. The summed E-state index contributed by atoms with van der Waals surface area (Å²) in [6.45, 7) is 5.43. The van der Waals surface area contributed by atoms with E-state index in [-0.39, 0.29) is 68.2 Å². The summed E-state index contributed by atoms with van der Waals surface area (Å²) < 4.78 is 1.93. The van der Waals surface area contributed by atoms with E-state index in [0.29, 0.717) is 33.4 Å². The van der Waals surface area contributed by atoms with E-state index in [9.17, 15) is 63.6 Å². The Morgan fingerprint density at radius 1 is 0.847 bits per heavy atom. The van der Waals surface area contributed by atoms with Gasteiger partial charge in [0.05, 0.1) is 46.4 Å². The molecule has 374 valence electrons. The van der Waals surface area contributed by atoms with Gasteiger partial charge in [-0.2, -0.15) is 0 Å². The zero-order chi connectivity index (χ0) is 51.6. The summed E-state index contributed by atoms with van der Waals surface area (Å²) in [4.78, 5) is 131. The number of aromatic nitrogens is 3. The van der Waals surface area contributed by atoms with E-state index < -0.39 is 101 Å². The average Bonchev–Trinajstić information content (AvgIpc) is 3.92. The minimum absolute atomic E-state index is 0.0439. The fourth-order valence-corrected chi connectivity index (χ4v) is 11.5. The Bertz CT molecular complexity index is 3080. The third-order valence-electron chi connectivity index (χ3n) is 14.0. The first kappa shape index (κ1) is 49.4. The molecule has 22 nitrogen and oxygen atoms in total. The van der Waals surface area contributed by atoms with Crippen LogP contribution >= 0.6 is 22.9 Å². The molecule has 0 radical (unpaired) electrons. The molecular weight excluding hydrogens is 978 g/mol. The highest BCUT2D eigenvalue weighted by Crippen LogP contribution is 2.40. The van der Waals surface area contributed by atoms with Crippen molar-refractivity contribution >= 4 is 87.6 Å². The highest BCUT2D eigenvalue weighted by atomic mass is 35.5. The topological polar surface area (TPSA) is 311 Å². The molecule has 1 aliphatic carbocycles. The van der Waals surface area contributed by atoms with Crippen molar-refractivity contribution in [1.82, 2.24) is 34.8 Å². The molecule has 0 saturated carbocycles. The fraction of sp³-hybridized carbons (Fsp3) is 0.375. The summed E-state index contributed by atoms with van der Waals surface area (Å²) in [5.74, 6) is -17.2. The smallest absolute Gasteiger partial charge is 0.314 e. The summed E-state index contributed by atoms with van der Waals surface area (Å²) in [6, 6.07) is 8.54. The molecule has 0 bridgehead atoms. The molecule has 6 N–H and O–H groups in total. The molecule has 24 heteroatoms. The zero-order valence-corrected chi connectivity index (χ0v) is 40.3. The number of halogens is 1. The first-order valence-electron chi connectivity index (χ1n) is 22.9. The number of carboxylic acids is 2. The number of aryl methyl sites for hydroxylation is 2. The number of aliphatic hydroxyl groups is 2. The summed E-state index contributed by atoms with van der Waals surface area (Å²) in [5.41, 5.74) is 2.16. The maximum absolute atomic E-state index is 14.6. The number of aliphatic hydroxyl groups excluding tert-OH is 2. The van der Waals surface area contributed by atoms with Crippen molar-refractivity contribution in [2.75, 3.05) is 31.5 Å². The third kappa shape index (κ3) is 8.69. The summed E-state index contributed by atoms with van der Waals surface area (Å²) in [5, 5.41) is 58.3. The van der Waals surface area contributed by atoms with Crippen LogP contribution in [0.5, 0.6) is 0 Å². The number of nitrogens with zero attached hydrogens (tertiary/aromatic N) is 7. The van der Waals surface area contributed by atoms with Crippen molar-refractivity contribution in [3.05, 3.63) is 104 Å². The van der Waals surface area contributed by atoms with Crippen LogP contribution in [0, 0.1) is 44.4 Å². The van der Waals surface area contributed by atoms with Crippen molar-refractivity contribution in [2.45, 2.75) is 64.6 Å². The van der Waals surface area contributed by atoms with Crippen molar-refractivity contribution < 1.29 is 63.6 Å². The number of rotatable bonds is 8. The number of piperazine rings is 1. The Kier molecular flexibility index (Phi) is 13.1. The zero-order valence-electron chi connectivity index (χ0n) is 38.7. The molecule has 7 unspecified atom stereocenters. The first-order valence-corrected chi connectivity index (χ1v) is 24.1. The number of carbonyl (C=O) groups is 9. The van der Waals surface area contributed by atoms with Crippen LogP contribution in [0.1, 0.15) is 73.2 Å². The number of anilines is 1. The fourth-order valence-electron chi connectivity index (χ4n) is 10.2. The van der Waals surface area contributed by atoms with E-state index in [1.54, 1.807) is 23.5 Å². The molecule has 4 aliphatic heterocycles. The van der Waals surface area contributed by atoms with Gasteiger partial charge in [-0.3, -0.25) is 62.9 Å². The monoisotopic (exact) mass is 1020 g/mol. The molecule has 7 atom stereocenters. The number of amides is 7. The summed E-state index contributed by atoms with van der Waals surface area (Å²) in [7, 11) is 0. The quantitative estimate of drug-likeness (QED) is 0.138. The SMILES string of the molecule is Cc1sc2c(c1C)C(c1ccc(Cl)cc1)=NC(C(=O)N1CCN(C(=O)C3C(O)/C=C(/O)C(C(=O)O)C(C(=O)Nc4cccc5c4C(=O)N(C4CCC(=O)NC4=O)C5=O)CC3C(=O)O)CC1)Cc1nnc(C)n1-2. The second-order valence-electron chi connectivity index (χ2n) is 18.2. The van der Waals surface area contributed by atoms with Crippen LogP contribution < -0.4 is 10.6 Å². The number of carbonyl (C=O) groups excluding carboxylic acids is 7. The van der Waals surface area contributed by atoms with E-state index in [1.807, 2.05) is 37.5 Å². The van der Waals surface area contributed by atoms with Crippen molar-refractivity contribution in [1.29, 1.82) is 0 Å². The van der Waals surface area contributed by atoms with Gasteiger partial charge >= 0.3 is 11.9 Å². The van der Waals surface area contributed by atoms with Gasteiger partial charge in [-0.15, -0.1) is 21.5 Å². The minimum atomic E-state index is -2.16. The lowest BCUT2D eigenvalue weighted by Crippen LogP contribution is -2.56. The third-order valence-corrected chi connectivity index (χ3v) is 15.4. The van der Waals surface area contributed by atoms with Gasteiger partial charge in [-0.1, -0.05) is 29.8 Å². The molecule has 4 aromatic rings. The second-order valence-corrected chi connectivity index (χ2v) is 19.8. The van der Waals surface area contributed by atoms with Gasteiger partial charge in [0, 0.05) is 60.0 Å². The predicted octanol–water partition coefficient (Wildman–Crippen LogP) is 2.22. The lowest BCUT2D eigenvalue weighted by molar-refractivity contribution is -0.158. The number of piperidine rings is 1. The number of aliphatic imine (C=N–C) groups is 1. The van der Waals surface area contributed by atoms with Crippen LogP contribution in [-0.2, 0) is 40.0 Å². The standard InChI is InChI=1S/C48H46ClN9O13S/c1-20-21(2)72-46-35(20)39(23-7-9-24(49)10-8-23)50-29(18-33-54-53-22(3)57(33)46)43(65)55-13-15-56(16-14-55)44(66)37-27(47(68)69)17-26(38(48(70)71)32(60)19-31(37)59)40(62)51-28-6-4-5-25-36(28)45(67)58(42(25)64)30-11-12-34(61)52-41(30)63/h4-10,19,26-27,29-31,37-38,59-60H,11-18H2,1-3H3,(H,51,62)(H,68,69)(H,70,71)(H,52,61,63)/b32-19+,50-39?. The van der Waals surface area contributed by atoms with Crippen LogP contribution in [0.25, 0.3) is 5.00 Å². The number of hydrogen-bond acceptors (Lipinski definition) is 15. The molecule has 72 heavy (non-hydrogen) atoms. The summed E-state index contributed by atoms with van der Waals surface area (Å²) in [6.07, 6.45) is -2.61. The lowest BCUT2D eigenvalue weighted by atomic mass is 9.73. The number of benzene rings is 2. The molecule has 2 aromatic carbocycles.